The molecule has 88 valence electrons. The normalized spacial score (nSPS) is 38.2. The molecular formula is C15H16O2. The van der Waals surface area contributed by atoms with Crippen molar-refractivity contribution in [3.05, 3.63) is 35.4 Å². The summed E-state index contributed by atoms with van der Waals surface area (Å²) in [6.45, 7) is 0. The molecule has 1 aromatic carbocycles. The van der Waals surface area contributed by atoms with Crippen molar-refractivity contribution < 1.29 is 9.53 Å². The highest BCUT2D eigenvalue weighted by atomic mass is 16.5. The molecular weight excluding hydrogens is 212 g/mol. The third-order valence-corrected chi connectivity index (χ3v) is 4.97. The first kappa shape index (κ1) is 9.69. The number of carbonyl (C=O) groups excluding carboxylic acids is 1. The van der Waals surface area contributed by atoms with E-state index < -0.39 is 0 Å². The Labute approximate surface area is 101 Å². The quantitative estimate of drug-likeness (QED) is 0.638. The Hall–Kier alpha value is -1.31. The summed E-state index contributed by atoms with van der Waals surface area (Å²) in [7, 11) is 0. The molecule has 5 rings (SSSR count). The third kappa shape index (κ3) is 1.04. The standard InChI is InChI=1S/C15H16O2/c16-14-15-8-4-3-5-10(15)9-13(17-14)11-6-1-2-7-12(11)15/h1-2,6-7,10,13H,3-5,8-9H2/t10-,13+,15-/m1/s1. The van der Waals surface area contributed by atoms with Gasteiger partial charge < -0.3 is 4.74 Å². The van der Waals surface area contributed by atoms with Crippen LogP contribution in [-0.4, -0.2) is 5.97 Å². The van der Waals surface area contributed by atoms with Crippen LogP contribution in [0.1, 0.15) is 49.3 Å². The van der Waals surface area contributed by atoms with Crippen LogP contribution in [0.4, 0.5) is 0 Å². The minimum absolute atomic E-state index is 0.0312. The zero-order valence-electron chi connectivity index (χ0n) is 9.82. The van der Waals surface area contributed by atoms with Crippen molar-refractivity contribution in [2.45, 2.75) is 43.6 Å². The Morgan fingerprint density at radius 2 is 2.12 bits per heavy atom. The molecule has 0 aromatic heterocycles. The molecule has 2 aliphatic carbocycles. The zero-order chi connectivity index (χ0) is 11.5. The zero-order valence-corrected chi connectivity index (χ0v) is 9.82. The van der Waals surface area contributed by atoms with E-state index in [9.17, 15) is 4.79 Å². The maximum Gasteiger partial charge on any atom is 0.317 e. The van der Waals surface area contributed by atoms with Crippen LogP contribution in [0.5, 0.6) is 0 Å². The lowest BCUT2D eigenvalue weighted by Crippen LogP contribution is -2.55. The predicted molar refractivity (Wildman–Crippen MR) is 63.5 cm³/mol. The van der Waals surface area contributed by atoms with Crippen LogP contribution >= 0.6 is 0 Å². The molecule has 3 atom stereocenters. The second-order valence-electron chi connectivity index (χ2n) is 5.63. The minimum Gasteiger partial charge on any atom is -0.457 e. The van der Waals surface area contributed by atoms with Gasteiger partial charge in [-0.15, -0.1) is 0 Å². The van der Waals surface area contributed by atoms with Gasteiger partial charge >= 0.3 is 5.97 Å². The number of carbonyl (C=O) groups is 1. The Bertz CT molecular complexity index is 493. The minimum atomic E-state index is -0.288. The third-order valence-electron chi connectivity index (χ3n) is 4.97. The molecule has 1 aromatic rings. The van der Waals surface area contributed by atoms with E-state index in [4.69, 9.17) is 4.74 Å². The molecule has 0 unspecified atom stereocenters. The molecule has 2 heterocycles. The van der Waals surface area contributed by atoms with E-state index in [1.165, 1.54) is 24.0 Å². The van der Waals surface area contributed by atoms with Gasteiger partial charge in [0.15, 0.2) is 0 Å². The first-order valence-electron chi connectivity index (χ1n) is 6.63. The van der Waals surface area contributed by atoms with Gasteiger partial charge in [-0.3, -0.25) is 4.79 Å². The van der Waals surface area contributed by atoms with Gasteiger partial charge in [0.05, 0.1) is 5.41 Å². The molecule has 2 aliphatic heterocycles. The average molecular weight is 228 g/mol. The van der Waals surface area contributed by atoms with Crippen LogP contribution < -0.4 is 0 Å². The first-order chi connectivity index (χ1) is 8.32. The summed E-state index contributed by atoms with van der Waals surface area (Å²) in [5.74, 6) is 0.578. The fraction of sp³-hybridized carbons (Fsp3) is 0.533. The lowest BCUT2D eigenvalue weighted by molar-refractivity contribution is -0.176. The van der Waals surface area contributed by atoms with Gasteiger partial charge in [0.1, 0.15) is 6.10 Å². The van der Waals surface area contributed by atoms with Crippen LogP contribution in [0.3, 0.4) is 0 Å². The average Bonchev–Trinajstić information content (AvgIpc) is 2.39. The summed E-state index contributed by atoms with van der Waals surface area (Å²) >= 11 is 0. The summed E-state index contributed by atoms with van der Waals surface area (Å²) in [4.78, 5) is 12.4. The summed E-state index contributed by atoms with van der Waals surface area (Å²) < 4.78 is 5.63. The highest BCUT2D eigenvalue weighted by Crippen LogP contribution is 2.58. The SMILES string of the molecule is O=C1O[C@H]2C[C@H]3CCCC[C@@]13c1ccccc12. The molecule has 17 heavy (non-hydrogen) atoms. The van der Waals surface area contributed by atoms with Crippen LogP contribution in [0.2, 0.25) is 0 Å². The fourth-order valence-electron chi connectivity index (χ4n) is 4.21. The van der Waals surface area contributed by atoms with Gasteiger partial charge in [-0.2, -0.15) is 0 Å². The Kier molecular flexibility index (Phi) is 1.78. The summed E-state index contributed by atoms with van der Waals surface area (Å²) in [5.41, 5.74) is 2.26. The molecule has 1 spiro atoms. The van der Waals surface area contributed by atoms with E-state index in [2.05, 4.69) is 24.3 Å². The molecule has 2 nitrogen and oxygen atoms in total. The second-order valence-corrected chi connectivity index (χ2v) is 5.63. The molecule has 4 aliphatic rings. The van der Waals surface area contributed by atoms with Crippen molar-refractivity contribution >= 4 is 5.97 Å². The Morgan fingerprint density at radius 3 is 3.06 bits per heavy atom. The molecule has 2 fully saturated rings. The summed E-state index contributed by atoms with van der Waals surface area (Å²) in [6.07, 6.45) is 5.69. The molecule has 0 N–H and O–H groups in total. The molecule has 0 radical (unpaired) electrons. The van der Waals surface area contributed by atoms with Crippen molar-refractivity contribution in [1.82, 2.24) is 0 Å². The Morgan fingerprint density at radius 1 is 1.24 bits per heavy atom. The molecule has 1 saturated heterocycles. The number of esters is 1. The van der Waals surface area contributed by atoms with Gasteiger partial charge in [-0.05, 0) is 36.3 Å². The number of fused-ring (bicyclic) bond motifs is 1. The van der Waals surface area contributed by atoms with Gasteiger partial charge in [-0.25, -0.2) is 0 Å². The highest BCUT2D eigenvalue weighted by Gasteiger charge is 2.58. The van der Waals surface area contributed by atoms with Crippen molar-refractivity contribution in [3.63, 3.8) is 0 Å². The van der Waals surface area contributed by atoms with Gasteiger partial charge in [0.2, 0.25) is 0 Å². The molecule has 2 bridgehead atoms. The van der Waals surface area contributed by atoms with Crippen molar-refractivity contribution in [2.75, 3.05) is 0 Å². The van der Waals surface area contributed by atoms with Crippen molar-refractivity contribution in [3.8, 4) is 0 Å². The summed E-state index contributed by atoms with van der Waals surface area (Å²) in [5, 5.41) is 0. The van der Waals surface area contributed by atoms with E-state index in [1.54, 1.807) is 0 Å². The lowest BCUT2D eigenvalue weighted by Gasteiger charge is -2.53. The smallest absolute Gasteiger partial charge is 0.317 e. The van der Waals surface area contributed by atoms with E-state index in [0.29, 0.717) is 5.92 Å². The van der Waals surface area contributed by atoms with Crippen molar-refractivity contribution in [2.24, 2.45) is 5.92 Å². The van der Waals surface area contributed by atoms with Gasteiger partial charge in [0.25, 0.3) is 0 Å². The van der Waals surface area contributed by atoms with Crippen molar-refractivity contribution in [1.29, 1.82) is 0 Å². The summed E-state index contributed by atoms with van der Waals surface area (Å²) in [6, 6.07) is 8.41. The number of hydrogen-bond donors (Lipinski definition) is 0. The van der Waals surface area contributed by atoms with Crippen LogP contribution in [0, 0.1) is 5.92 Å². The molecule has 0 amide bonds. The predicted octanol–water partition coefficient (Wildman–Crippen LogP) is 3.12. The molecule has 1 saturated carbocycles. The van der Waals surface area contributed by atoms with E-state index in [-0.39, 0.29) is 17.5 Å². The topological polar surface area (TPSA) is 26.3 Å². The highest BCUT2D eigenvalue weighted by molar-refractivity contribution is 5.87. The largest absolute Gasteiger partial charge is 0.457 e. The lowest BCUT2D eigenvalue weighted by atomic mass is 9.55. The van der Waals surface area contributed by atoms with Gasteiger partial charge in [0, 0.05) is 0 Å². The van der Waals surface area contributed by atoms with E-state index in [1.807, 2.05) is 0 Å². The van der Waals surface area contributed by atoms with E-state index in [0.717, 1.165) is 19.3 Å². The first-order valence-corrected chi connectivity index (χ1v) is 6.63. The van der Waals surface area contributed by atoms with Crippen LogP contribution in [0.25, 0.3) is 0 Å². The van der Waals surface area contributed by atoms with Crippen LogP contribution in [0.15, 0.2) is 24.3 Å². The number of hydrogen-bond acceptors (Lipinski definition) is 2. The monoisotopic (exact) mass is 228 g/mol. The van der Waals surface area contributed by atoms with E-state index >= 15 is 0 Å². The Balaban J connectivity index is 1.98. The maximum atomic E-state index is 12.4. The second kappa shape index (κ2) is 3.12. The van der Waals surface area contributed by atoms with Gasteiger partial charge in [-0.1, -0.05) is 37.1 Å². The van der Waals surface area contributed by atoms with Crippen LogP contribution in [-0.2, 0) is 14.9 Å². The number of rotatable bonds is 0. The number of benzene rings is 1. The number of ether oxygens (including phenoxy) is 1. The molecule has 2 heteroatoms. The fourth-order valence-corrected chi connectivity index (χ4v) is 4.21. The maximum absolute atomic E-state index is 12.4.